The first-order valence-corrected chi connectivity index (χ1v) is 8.98. The molecule has 114 valence electrons. The lowest BCUT2D eigenvalue weighted by molar-refractivity contribution is -0.115. The van der Waals surface area contributed by atoms with Crippen LogP contribution < -0.4 is 10.6 Å². The van der Waals surface area contributed by atoms with Gasteiger partial charge >= 0.3 is 0 Å². The average Bonchev–Trinajstić information content (AvgIpc) is 2.77. The fraction of sp³-hybridized carbons (Fsp3) is 0.462. The average molecular weight is 374 g/mol. The summed E-state index contributed by atoms with van der Waals surface area (Å²) in [6, 6.07) is 3.17. The van der Waals surface area contributed by atoms with Crippen LogP contribution in [0.15, 0.2) is 21.5 Å². The number of sulfonamides is 1. The van der Waals surface area contributed by atoms with Gasteiger partial charge in [0.2, 0.25) is 15.9 Å². The van der Waals surface area contributed by atoms with Crippen molar-refractivity contribution in [3.8, 4) is 0 Å². The highest BCUT2D eigenvalue weighted by Gasteiger charge is 2.33. The number of anilines is 1. The molecule has 1 fully saturated rings. The standard InChI is InChI=1S/C13H16BrN3O3S/c1-8-7-15-2-3-17(8)21(19,20)12-4-9-5-13(18)16-11(9)6-10(12)14/h4,6,8,15H,2-3,5,7H2,1H3,(H,16,18). The molecule has 1 saturated heterocycles. The molecule has 0 saturated carbocycles. The second kappa shape index (κ2) is 5.35. The fourth-order valence-corrected chi connectivity index (χ4v) is 5.42. The van der Waals surface area contributed by atoms with E-state index in [-0.39, 0.29) is 23.3 Å². The normalized spacial score (nSPS) is 23.0. The maximum atomic E-state index is 12.9. The zero-order chi connectivity index (χ0) is 15.2. The number of hydrogen-bond acceptors (Lipinski definition) is 4. The molecule has 0 aromatic heterocycles. The largest absolute Gasteiger partial charge is 0.325 e. The van der Waals surface area contributed by atoms with Crippen molar-refractivity contribution in [1.82, 2.24) is 9.62 Å². The molecular formula is C13H16BrN3O3S. The minimum absolute atomic E-state index is 0.0938. The maximum absolute atomic E-state index is 12.9. The monoisotopic (exact) mass is 373 g/mol. The molecule has 1 amide bonds. The van der Waals surface area contributed by atoms with E-state index in [9.17, 15) is 13.2 Å². The van der Waals surface area contributed by atoms with Crippen LogP contribution in [0.1, 0.15) is 12.5 Å². The van der Waals surface area contributed by atoms with Crippen molar-refractivity contribution in [3.63, 3.8) is 0 Å². The summed E-state index contributed by atoms with van der Waals surface area (Å²) in [6.45, 7) is 3.62. The number of piperazine rings is 1. The Labute approximate surface area is 132 Å². The van der Waals surface area contributed by atoms with Crippen molar-refractivity contribution < 1.29 is 13.2 Å². The zero-order valence-corrected chi connectivity index (χ0v) is 13.9. The number of halogens is 1. The molecule has 2 heterocycles. The SMILES string of the molecule is CC1CNCCN1S(=O)(=O)c1cc2c(cc1Br)NC(=O)C2. The number of hydrogen-bond donors (Lipinski definition) is 2. The molecule has 0 spiro atoms. The Bertz CT molecular complexity index is 705. The predicted octanol–water partition coefficient (Wildman–Crippen LogP) is 0.926. The number of carbonyl (C=O) groups excluding carboxylic acids is 1. The summed E-state index contributed by atoms with van der Waals surface area (Å²) in [5.74, 6) is -0.109. The minimum Gasteiger partial charge on any atom is -0.325 e. The lowest BCUT2D eigenvalue weighted by Crippen LogP contribution is -2.52. The maximum Gasteiger partial charge on any atom is 0.244 e. The summed E-state index contributed by atoms with van der Waals surface area (Å²) < 4.78 is 27.7. The lowest BCUT2D eigenvalue weighted by Gasteiger charge is -2.33. The molecule has 1 aromatic rings. The van der Waals surface area contributed by atoms with Crippen LogP contribution in [0.2, 0.25) is 0 Å². The summed E-state index contributed by atoms with van der Waals surface area (Å²) in [5.41, 5.74) is 1.41. The van der Waals surface area contributed by atoms with Gasteiger partial charge in [0.05, 0.1) is 11.3 Å². The Morgan fingerprint density at radius 2 is 2.14 bits per heavy atom. The Hall–Kier alpha value is -0.960. The molecule has 8 heteroatoms. The van der Waals surface area contributed by atoms with E-state index in [1.54, 1.807) is 12.1 Å². The molecule has 2 aliphatic heterocycles. The van der Waals surface area contributed by atoms with Gasteiger partial charge < -0.3 is 10.6 Å². The zero-order valence-electron chi connectivity index (χ0n) is 11.5. The number of nitrogens with zero attached hydrogens (tertiary/aromatic N) is 1. The van der Waals surface area contributed by atoms with E-state index >= 15 is 0 Å². The van der Waals surface area contributed by atoms with E-state index in [1.807, 2.05) is 6.92 Å². The number of nitrogens with one attached hydrogen (secondary N) is 2. The van der Waals surface area contributed by atoms with Gasteiger partial charge in [-0.3, -0.25) is 4.79 Å². The first-order chi connectivity index (χ1) is 9.89. The number of rotatable bonds is 2. The van der Waals surface area contributed by atoms with Crippen LogP contribution in [0, 0.1) is 0 Å². The van der Waals surface area contributed by atoms with Gasteiger partial charge in [0, 0.05) is 35.8 Å². The van der Waals surface area contributed by atoms with Crippen molar-refractivity contribution in [3.05, 3.63) is 22.2 Å². The summed E-state index contributed by atoms with van der Waals surface area (Å²) in [7, 11) is -3.57. The molecule has 1 atom stereocenters. The van der Waals surface area contributed by atoms with Gasteiger partial charge in [-0.25, -0.2) is 8.42 Å². The van der Waals surface area contributed by atoms with E-state index in [4.69, 9.17) is 0 Å². The van der Waals surface area contributed by atoms with Crippen LogP contribution in [0.4, 0.5) is 5.69 Å². The third kappa shape index (κ3) is 2.61. The van der Waals surface area contributed by atoms with Crippen molar-refractivity contribution >= 4 is 37.5 Å². The van der Waals surface area contributed by atoms with Crippen LogP contribution >= 0.6 is 15.9 Å². The Kier molecular flexibility index (Phi) is 3.81. The van der Waals surface area contributed by atoms with Crippen LogP contribution in [-0.2, 0) is 21.2 Å². The number of amides is 1. The van der Waals surface area contributed by atoms with E-state index in [0.717, 1.165) is 5.56 Å². The second-order valence-corrected chi connectivity index (χ2v) is 8.05. The van der Waals surface area contributed by atoms with Crippen molar-refractivity contribution in [1.29, 1.82) is 0 Å². The molecule has 2 N–H and O–H groups in total. The van der Waals surface area contributed by atoms with Crippen molar-refractivity contribution in [2.75, 3.05) is 25.0 Å². The van der Waals surface area contributed by atoms with Crippen LogP contribution in [0.3, 0.4) is 0 Å². The molecule has 1 unspecified atom stereocenters. The number of carbonyl (C=O) groups is 1. The van der Waals surface area contributed by atoms with E-state index in [2.05, 4.69) is 26.6 Å². The van der Waals surface area contributed by atoms with Crippen LogP contribution in [0.5, 0.6) is 0 Å². The molecule has 0 radical (unpaired) electrons. The quantitative estimate of drug-likeness (QED) is 0.807. The molecule has 2 aliphatic rings. The van der Waals surface area contributed by atoms with Gasteiger partial charge in [0.1, 0.15) is 0 Å². The van der Waals surface area contributed by atoms with E-state index in [1.165, 1.54) is 4.31 Å². The minimum atomic E-state index is -3.57. The lowest BCUT2D eigenvalue weighted by atomic mass is 10.2. The highest BCUT2D eigenvalue weighted by molar-refractivity contribution is 9.10. The van der Waals surface area contributed by atoms with E-state index in [0.29, 0.717) is 29.8 Å². The van der Waals surface area contributed by atoms with Crippen LogP contribution in [0.25, 0.3) is 0 Å². The summed E-state index contributed by atoms with van der Waals surface area (Å²) in [5, 5.41) is 5.90. The third-order valence-corrected chi connectivity index (χ3v) is 6.78. The number of fused-ring (bicyclic) bond motifs is 1. The first kappa shape index (κ1) is 15.0. The van der Waals surface area contributed by atoms with Crippen molar-refractivity contribution in [2.45, 2.75) is 24.3 Å². The van der Waals surface area contributed by atoms with Gasteiger partial charge in [0.15, 0.2) is 0 Å². The van der Waals surface area contributed by atoms with Gasteiger partial charge in [0.25, 0.3) is 0 Å². The molecule has 21 heavy (non-hydrogen) atoms. The summed E-state index contributed by atoms with van der Waals surface area (Å²) in [4.78, 5) is 11.7. The van der Waals surface area contributed by atoms with E-state index < -0.39 is 10.0 Å². The second-order valence-electron chi connectivity index (χ2n) is 5.33. The number of benzene rings is 1. The molecule has 3 rings (SSSR count). The molecule has 0 aliphatic carbocycles. The first-order valence-electron chi connectivity index (χ1n) is 6.74. The smallest absolute Gasteiger partial charge is 0.244 e. The van der Waals surface area contributed by atoms with Gasteiger partial charge in [-0.15, -0.1) is 0 Å². The Morgan fingerprint density at radius 3 is 2.86 bits per heavy atom. The molecule has 1 aromatic carbocycles. The van der Waals surface area contributed by atoms with Gasteiger partial charge in [-0.2, -0.15) is 4.31 Å². The summed E-state index contributed by atoms with van der Waals surface area (Å²) in [6.07, 6.45) is 0.224. The molecular weight excluding hydrogens is 358 g/mol. The highest BCUT2D eigenvalue weighted by atomic mass is 79.9. The van der Waals surface area contributed by atoms with Gasteiger partial charge in [-0.1, -0.05) is 0 Å². The van der Waals surface area contributed by atoms with Crippen LogP contribution in [-0.4, -0.2) is 44.3 Å². The van der Waals surface area contributed by atoms with Gasteiger partial charge in [-0.05, 0) is 40.5 Å². The predicted molar refractivity (Wildman–Crippen MR) is 82.7 cm³/mol. The third-order valence-electron chi connectivity index (χ3n) is 3.81. The Balaban J connectivity index is 2.03. The molecule has 6 nitrogen and oxygen atoms in total. The highest BCUT2D eigenvalue weighted by Crippen LogP contribution is 2.34. The Morgan fingerprint density at radius 1 is 1.38 bits per heavy atom. The molecule has 0 bridgehead atoms. The topological polar surface area (TPSA) is 78.5 Å². The fourth-order valence-electron chi connectivity index (χ4n) is 2.73. The summed E-state index contributed by atoms with van der Waals surface area (Å²) >= 11 is 3.32. The van der Waals surface area contributed by atoms with Crippen molar-refractivity contribution in [2.24, 2.45) is 0 Å².